The van der Waals surface area contributed by atoms with Crippen LogP contribution in [0.25, 0.3) is 6.08 Å². The van der Waals surface area contributed by atoms with E-state index in [2.05, 4.69) is 5.32 Å². The second-order valence-corrected chi connectivity index (χ2v) is 4.30. The Balaban J connectivity index is 2.03. The number of anilines is 1. The monoisotopic (exact) mass is 285 g/mol. The molecule has 0 fully saturated rings. The summed E-state index contributed by atoms with van der Waals surface area (Å²) in [5.74, 6) is 0.228. The zero-order valence-electron chi connectivity index (χ0n) is 11.4. The summed E-state index contributed by atoms with van der Waals surface area (Å²) < 4.78 is 4.99. The van der Waals surface area contributed by atoms with Gasteiger partial charge in [0.05, 0.1) is 7.11 Å². The fraction of sp³-hybridized carbons (Fsp3) is 0.0625. The number of carbonyl (C=O) groups is 1. The highest BCUT2D eigenvalue weighted by atomic mass is 16.5. The van der Waals surface area contributed by atoms with E-state index in [1.807, 2.05) is 0 Å². The van der Waals surface area contributed by atoms with E-state index in [0.29, 0.717) is 11.4 Å². The quantitative estimate of drug-likeness (QED) is 0.596. The smallest absolute Gasteiger partial charge is 0.248 e. The third-order valence-corrected chi connectivity index (χ3v) is 2.77. The number of phenols is 2. The van der Waals surface area contributed by atoms with Crippen LogP contribution in [0.5, 0.6) is 17.2 Å². The fourth-order valence-electron chi connectivity index (χ4n) is 1.70. The number of amides is 1. The molecule has 0 aliphatic rings. The van der Waals surface area contributed by atoms with E-state index in [9.17, 15) is 9.90 Å². The molecule has 108 valence electrons. The number of hydrogen-bond acceptors (Lipinski definition) is 4. The summed E-state index contributed by atoms with van der Waals surface area (Å²) in [6, 6.07) is 11.0. The molecule has 2 aromatic rings. The number of rotatable bonds is 4. The molecule has 21 heavy (non-hydrogen) atoms. The van der Waals surface area contributed by atoms with Gasteiger partial charge in [0.1, 0.15) is 5.75 Å². The molecule has 2 rings (SSSR count). The van der Waals surface area contributed by atoms with E-state index in [0.717, 1.165) is 5.56 Å². The number of benzene rings is 2. The van der Waals surface area contributed by atoms with E-state index < -0.39 is 0 Å². The molecule has 0 saturated heterocycles. The minimum atomic E-state index is -0.298. The highest BCUT2D eigenvalue weighted by molar-refractivity contribution is 6.01. The van der Waals surface area contributed by atoms with Gasteiger partial charge in [0, 0.05) is 11.8 Å². The molecule has 2 aromatic carbocycles. The molecule has 0 atom stereocenters. The van der Waals surface area contributed by atoms with Crippen LogP contribution in [-0.4, -0.2) is 23.2 Å². The summed E-state index contributed by atoms with van der Waals surface area (Å²) in [5.41, 5.74) is 1.32. The average Bonchev–Trinajstić information content (AvgIpc) is 2.49. The minimum absolute atomic E-state index is 0.0446. The lowest BCUT2D eigenvalue weighted by Gasteiger charge is -2.04. The Morgan fingerprint density at radius 3 is 2.52 bits per heavy atom. The van der Waals surface area contributed by atoms with Gasteiger partial charge < -0.3 is 20.3 Å². The van der Waals surface area contributed by atoms with Crippen LogP contribution in [0.2, 0.25) is 0 Å². The van der Waals surface area contributed by atoms with Gasteiger partial charge >= 0.3 is 0 Å². The van der Waals surface area contributed by atoms with Gasteiger partial charge in [0.15, 0.2) is 11.5 Å². The van der Waals surface area contributed by atoms with Crippen LogP contribution >= 0.6 is 0 Å². The molecule has 5 nitrogen and oxygen atoms in total. The Hall–Kier alpha value is -2.95. The van der Waals surface area contributed by atoms with Gasteiger partial charge in [-0.05, 0) is 48.0 Å². The third kappa shape index (κ3) is 4.01. The van der Waals surface area contributed by atoms with Crippen LogP contribution < -0.4 is 10.1 Å². The van der Waals surface area contributed by atoms with Gasteiger partial charge in [-0.3, -0.25) is 4.79 Å². The van der Waals surface area contributed by atoms with Crippen LogP contribution in [0, 0.1) is 0 Å². The number of aromatic hydroxyl groups is 2. The first-order valence-corrected chi connectivity index (χ1v) is 6.23. The molecule has 0 aromatic heterocycles. The van der Waals surface area contributed by atoms with Crippen molar-refractivity contribution in [2.24, 2.45) is 0 Å². The van der Waals surface area contributed by atoms with Gasteiger partial charge in [-0.2, -0.15) is 0 Å². The van der Waals surface area contributed by atoms with E-state index in [1.165, 1.54) is 31.4 Å². The molecule has 5 heteroatoms. The minimum Gasteiger partial charge on any atom is -0.508 e. The van der Waals surface area contributed by atoms with Gasteiger partial charge in [-0.15, -0.1) is 0 Å². The zero-order valence-corrected chi connectivity index (χ0v) is 11.4. The number of hydrogen-bond donors (Lipinski definition) is 3. The first-order valence-electron chi connectivity index (χ1n) is 6.23. The molecule has 0 unspecified atom stereocenters. The Bertz CT molecular complexity index is 662. The van der Waals surface area contributed by atoms with Crippen molar-refractivity contribution in [1.82, 2.24) is 0 Å². The summed E-state index contributed by atoms with van der Waals surface area (Å²) in [7, 11) is 1.46. The Morgan fingerprint density at radius 2 is 1.86 bits per heavy atom. The Morgan fingerprint density at radius 1 is 1.14 bits per heavy atom. The van der Waals surface area contributed by atoms with Crippen molar-refractivity contribution in [2.45, 2.75) is 0 Å². The lowest BCUT2D eigenvalue weighted by Crippen LogP contribution is -2.07. The van der Waals surface area contributed by atoms with E-state index in [-0.39, 0.29) is 17.4 Å². The van der Waals surface area contributed by atoms with Crippen LogP contribution in [0.1, 0.15) is 5.56 Å². The summed E-state index contributed by atoms with van der Waals surface area (Å²) >= 11 is 0. The van der Waals surface area contributed by atoms with Gasteiger partial charge in [0.2, 0.25) is 5.91 Å². The second kappa shape index (κ2) is 6.47. The predicted molar refractivity (Wildman–Crippen MR) is 80.4 cm³/mol. The number of phenolic OH excluding ortho intramolecular Hbond substituents is 2. The standard InChI is InChI=1S/C16H15NO4/c1-21-15-10-11(2-8-14(15)19)3-9-16(20)17-12-4-6-13(18)7-5-12/h2-10,18-19H,1H3,(H,17,20)/b9-3+. The molecule has 0 saturated carbocycles. The summed E-state index contributed by atoms with van der Waals surface area (Å²) in [5, 5.41) is 21.3. The normalized spacial score (nSPS) is 10.5. The molecule has 1 amide bonds. The Kier molecular flexibility index (Phi) is 4.46. The second-order valence-electron chi connectivity index (χ2n) is 4.30. The number of ether oxygens (including phenoxy) is 1. The van der Waals surface area contributed by atoms with Crippen LogP contribution in [0.4, 0.5) is 5.69 Å². The summed E-state index contributed by atoms with van der Waals surface area (Å²) in [6.07, 6.45) is 2.98. The topological polar surface area (TPSA) is 78.8 Å². The molecule has 0 bridgehead atoms. The highest BCUT2D eigenvalue weighted by Crippen LogP contribution is 2.26. The lowest BCUT2D eigenvalue weighted by atomic mass is 10.2. The van der Waals surface area contributed by atoms with Gasteiger partial charge in [-0.25, -0.2) is 0 Å². The van der Waals surface area contributed by atoms with Crippen molar-refractivity contribution >= 4 is 17.7 Å². The van der Waals surface area contributed by atoms with E-state index in [1.54, 1.807) is 30.3 Å². The number of nitrogens with one attached hydrogen (secondary N) is 1. The molecule has 0 spiro atoms. The number of carbonyl (C=O) groups excluding carboxylic acids is 1. The molecular weight excluding hydrogens is 270 g/mol. The largest absolute Gasteiger partial charge is 0.508 e. The maximum absolute atomic E-state index is 11.8. The molecule has 0 heterocycles. The molecular formula is C16H15NO4. The first-order chi connectivity index (χ1) is 10.1. The zero-order chi connectivity index (χ0) is 15.2. The third-order valence-electron chi connectivity index (χ3n) is 2.77. The van der Waals surface area contributed by atoms with Crippen molar-refractivity contribution in [1.29, 1.82) is 0 Å². The summed E-state index contributed by atoms with van der Waals surface area (Å²) in [6.45, 7) is 0. The SMILES string of the molecule is COc1cc(/C=C/C(=O)Nc2ccc(O)cc2)ccc1O. The first kappa shape index (κ1) is 14.5. The fourth-order valence-corrected chi connectivity index (χ4v) is 1.70. The highest BCUT2D eigenvalue weighted by Gasteiger charge is 2.02. The van der Waals surface area contributed by atoms with Gasteiger partial charge in [-0.1, -0.05) is 6.07 Å². The van der Waals surface area contributed by atoms with Crippen LogP contribution in [0.15, 0.2) is 48.5 Å². The molecule has 3 N–H and O–H groups in total. The molecule has 0 aliphatic heterocycles. The molecule has 0 radical (unpaired) electrons. The van der Waals surface area contributed by atoms with Crippen molar-refractivity contribution in [3.63, 3.8) is 0 Å². The van der Waals surface area contributed by atoms with Crippen molar-refractivity contribution in [3.05, 3.63) is 54.1 Å². The molecule has 0 aliphatic carbocycles. The van der Waals surface area contributed by atoms with Crippen molar-refractivity contribution < 1.29 is 19.7 Å². The van der Waals surface area contributed by atoms with Crippen LogP contribution in [0.3, 0.4) is 0 Å². The van der Waals surface area contributed by atoms with Gasteiger partial charge in [0.25, 0.3) is 0 Å². The summed E-state index contributed by atoms with van der Waals surface area (Å²) in [4.78, 5) is 11.8. The van der Waals surface area contributed by atoms with Crippen LogP contribution in [-0.2, 0) is 4.79 Å². The maximum Gasteiger partial charge on any atom is 0.248 e. The lowest BCUT2D eigenvalue weighted by molar-refractivity contribution is -0.111. The maximum atomic E-state index is 11.8. The number of methoxy groups -OCH3 is 1. The van der Waals surface area contributed by atoms with Crippen molar-refractivity contribution in [3.8, 4) is 17.2 Å². The Labute approximate surface area is 122 Å². The van der Waals surface area contributed by atoms with E-state index >= 15 is 0 Å². The van der Waals surface area contributed by atoms with E-state index in [4.69, 9.17) is 9.84 Å². The average molecular weight is 285 g/mol. The van der Waals surface area contributed by atoms with Crippen molar-refractivity contribution in [2.75, 3.05) is 12.4 Å². The predicted octanol–water partition coefficient (Wildman–Crippen LogP) is 2.76.